The summed E-state index contributed by atoms with van der Waals surface area (Å²) in [5.41, 5.74) is 3.86. The Morgan fingerprint density at radius 2 is 1.76 bits per heavy atom. The minimum atomic E-state index is -0.512. The summed E-state index contributed by atoms with van der Waals surface area (Å²) in [4.78, 5) is 31.1. The molecule has 0 aliphatic carbocycles. The molecule has 0 radical (unpaired) electrons. The molecule has 1 atom stereocenters. The van der Waals surface area contributed by atoms with Crippen LogP contribution in [0, 0.1) is 0 Å². The number of nitrogens with zero attached hydrogens (tertiary/aromatic N) is 1. The molecule has 2 aliphatic rings. The fourth-order valence-corrected chi connectivity index (χ4v) is 5.45. The molecule has 0 fully saturated rings. The average Bonchev–Trinajstić information content (AvgIpc) is 3.56. The van der Waals surface area contributed by atoms with Crippen LogP contribution < -0.4 is 20.7 Å². The number of ether oxygens (including phenoxy) is 1. The summed E-state index contributed by atoms with van der Waals surface area (Å²) in [5, 5.41) is 9.58. The zero-order valence-corrected chi connectivity index (χ0v) is 21.2. The zero-order valence-electron chi connectivity index (χ0n) is 20.4. The van der Waals surface area contributed by atoms with Crippen LogP contribution in [-0.2, 0) is 4.79 Å². The SMILES string of the molecule is CCOc1ccc(NC(=O)NC2=C3C(=NC(C)=C(C(=O)Nc4ccccc4)C3c3ccco3)SC2)cc1. The molecule has 188 valence electrons. The second-order valence-corrected chi connectivity index (χ2v) is 9.37. The van der Waals surface area contributed by atoms with Crippen LogP contribution in [0.1, 0.15) is 25.5 Å². The first-order valence-electron chi connectivity index (χ1n) is 11.9. The lowest BCUT2D eigenvalue weighted by Crippen LogP contribution is -2.31. The van der Waals surface area contributed by atoms with Crippen molar-refractivity contribution >= 4 is 40.1 Å². The fraction of sp³-hybridized carbons (Fsp3) is 0.179. The standard InChI is InChI=1S/C28H26N4O4S/c1-3-35-20-13-11-19(12-14-20)31-28(34)32-21-16-37-27-24(21)25(22-10-7-15-36-22)23(17(2)29-27)26(33)30-18-8-5-4-6-9-18/h4-15,25H,3,16H2,1-2H3,(H,30,33)(H2,31,32,34). The van der Waals surface area contributed by atoms with E-state index in [0.717, 1.165) is 16.4 Å². The van der Waals surface area contributed by atoms with E-state index in [-0.39, 0.29) is 11.9 Å². The predicted molar refractivity (Wildman–Crippen MR) is 146 cm³/mol. The summed E-state index contributed by atoms with van der Waals surface area (Å²) in [6.07, 6.45) is 1.58. The highest BCUT2D eigenvalue weighted by Crippen LogP contribution is 2.46. The molecule has 8 nitrogen and oxygen atoms in total. The Morgan fingerprint density at radius 3 is 2.46 bits per heavy atom. The van der Waals surface area contributed by atoms with Crippen molar-refractivity contribution in [3.63, 3.8) is 0 Å². The molecule has 0 saturated carbocycles. The summed E-state index contributed by atoms with van der Waals surface area (Å²) < 4.78 is 11.2. The summed E-state index contributed by atoms with van der Waals surface area (Å²) in [6, 6.07) is 19.7. The zero-order chi connectivity index (χ0) is 25.8. The van der Waals surface area contributed by atoms with E-state index in [1.165, 1.54) is 11.8 Å². The van der Waals surface area contributed by atoms with E-state index in [0.29, 0.717) is 46.5 Å². The highest BCUT2D eigenvalue weighted by molar-refractivity contribution is 8.15. The molecule has 5 rings (SSSR count). The second kappa shape index (κ2) is 10.8. The van der Waals surface area contributed by atoms with Crippen LogP contribution in [0.2, 0.25) is 0 Å². The molecule has 3 aromatic rings. The number of thioether (sulfide) groups is 1. The second-order valence-electron chi connectivity index (χ2n) is 8.40. The van der Waals surface area contributed by atoms with Crippen LogP contribution in [0.3, 0.4) is 0 Å². The summed E-state index contributed by atoms with van der Waals surface area (Å²) in [7, 11) is 0. The molecule has 3 amide bonds. The molecule has 3 heterocycles. The largest absolute Gasteiger partial charge is 0.494 e. The molecule has 1 unspecified atom stereocenters. The van der Waals surface area contributed by atoms with Crippen LogP contribution in [0.5, 0.6) is 5.75 Å². The smallest absolute Gasteiger partial charge is 0.323 e. The van der Waals surface area contributed by atoms with Crippen LogP contribution in [-0.4, -0.2) is 29.3 Å². The third-order valence-corrected chi connectivity index (χ3v) is 6.95. The number of hydrogen-bond donors (Lipinski definition) is 3. The molecule has 2 aliphatic heterocycles. The van der Waals surface area contributed by atoms with E-state index in [9.17, 15) is 9.59 Å². The number of para-hydroxylation sites is 1. The molecule has 0 saturated heterocycles. The van der Waals surface area contributed by atoms with Crippen LogP contribution in [0.4, 0.5) is 16.2 Å². The number of nitrogens with one attached hydrogen (secondary N) is 3. The van der Waals surface area contributed by atoms with Crippen LogP contribution in [0.25, 0.3) is 0 Å². The lowest BCUT2D eigenvalue weighted by Gasteiger charge is -2.26. The van der Waals surface area contributed by atoms with Gasteiger partial charge in [0.15, 0.2) is 0 Å². The summed E-state index contributed by atoms with van der Waals surface area (Å²) in [5.74, 6) is 1.08. The molecule has 3 N–H and O–H groups in total. The van der Waals surface area contributed by atoms with Gasteiger partial charge in [0.05, 0.1) is 24.4 Å². The van der Waals surface area contributed by atoms with Gasteiger partial charge in [-0.15, -0.1) is 0 Å². The van der Waals surface area contributed by atoms with Crippen molar-refractivity contribution in [3.05, 3.63) is 101 Å². The van der Waals surface area contributed by atoms with Gasteiger partial charge in [0, 0.05) is 34.1 Å². The number of urea groups is 1. The van der Waals surface area contributed by atoms with Gasteiger partial charge in [-0.05, 0) is 62.4 Å². The summed E-state index contributed by atoms with van der Waals surface area (Å²) in [6.45, 7) is 4.31. The first kappa shape index (κ1) is 24.5. The minimum Gasteiger partial charge on any atom is -0.494 e. The molecule has 2 aromatic carbocycles. The van der Waals surface area contributed by atoms with Crippen molar-refractivity contribution in [1.29, 1.82) is 0 Å². The van der Waals surface area contributed by atoms with E-state index >= 15 is 0 Å². The highest BCUT2D eigenvalue weighted by atomic mass is 32.2. The Balaban J connectivity index is 1.43. The first-order valence-corrected chi connectivity index (χ1v) is 12.9. The molecular weight excluding hydrogens is 488 g/mol. The van der Waals surface area contributed by atoms with Gasteiger partial charge in [0.1, 0.15) is 16.6 Å². The van der Waals surface area contributed by atoms with Crippen molar-refractivity contribution in [2.45, 2.75) is 19.8 Å². The lowest BCUT2D eigenvalue weighted by molar-refractivity contribution is -0.113. The number of fused-ring (bicyclic) bond motifs is 1. The number of anilines is 2. The van der Waals surface area contributed by atoms with E-state index < -0.39 is 5.92 Å². The first-order chi connectivity index (χ1) is 18.0. The van der Waals surface area contributed by atoms with Gasteiger partial charge in [-0.1, -0.05) is 30.0 Å². The van der Waals surface area contributed by atoms with Crippen molar-refractivity contribution in [3.8, 4) is 5.75 Å². The van der Waals surface area contributed by atoms with Gasteiger partial charge in [0.25, 0.3) is 5.91 Å². The molecule has 0 bridgehead atoms. The number of furan rings is 1. The number of rotatable bonds is 7. The monoisotopic (exact) mass is 514 g/mol. The Morgan fingerprint density at radius 1 is 1.00 bits per heavy atom. The van der Waals surface area contributed by atoms with E-state index in [1.807, 2.05) is 50.2 Å². The topological polar surface area (TPSA) is 105 Å². The average molecular weight is 515 g/mol. The van der Waals surface area contributed by atoms with Crippen LogP contribution in [0.15, 0.2) is 105 Å². The minimum absolute atomic E-state index is 0.268. The van der Waals surface area contributed by atoms with Crippen molar-refractivity contribution in [1.82, 2.24) is 5.32 Å². The Labute approximate surface area is 218 Å². The maximum absolute atomic E-state index is 13.5. The van der Waals surface area contributed by atoms with Gasteiger partial charge in [-0.3, -0.25) is 4.79 Å². The number of benzene rings is 2. The highest BCUT2D eigenvalue weighted by Gasteiger charge is 2.40. The number of allylic oxidation sites excluding steroid dienone is 1. The van der Waals surface area contributed by atoms with E-state index in [1.54, 1.807) is 36.6 Å². The van der Waals surface area contributed by atoms with Gasteiger partial charge >= 0.3 is 6.03 Å². The summed E-state index contributed by atoms with van der Waals surface area (Å²) >= 11 is 1.52. The van der Waals surface area contributed by atoms with Crippen LogP contribution >= 0.6 is 11.8 Å². The maximum atomic E-state index is 13.5. The number of hydrogen-bond acceptors (Lipinski definition) is 6. The molecule has 9 heteroatoms. The van der Waals surface area contributed by atoms with E-state index in [4.69, 9.17) is 14.1 Å². The lowest BCUT2D eigenvalue weighted by atomic mass is 9.84. The van der Waals surface area contributed by atoms with Gasteiger partial charge < -0.3 is 25.1 Å². The third-order valence-electron chi connectivity index (χ3n) is 5.94. The number of carbonyl (C=O) groups is 2. The molecule has 1 aromatic heterocycles. The quantitative estimate of drug-likeness (QED) is 0.364. The van der Waals surface area contributed by atoms with E-state index in [2.05, 4.69) is 16.0 Å². The number of amides is 3. The third kappa shape index (κ3) is 5.31. The number of carbonyl (C=O) groups excluding carboxylic acids is 2. The van der Waals surface area contributed by atoms with Crippen molar-refractivity contribution in [2.75, 3.05) is 23.0 Å². The predicted octanol–water partition coefficient (Wildman–Crippen LogP) is 5.91. The Kier molecular flexibility index (Phi) is 7.14. The number of aliphatic imine (C=N–C) groups is 1. The normalized spacial score (nSPS) is 16.7. The molecule has 0 spiro atoms. The molecular formula is C28H26N4O4S. The van der Waals surface area contributed by atoms with Crippen molar-refractivity contribution < 1.29 is 18.7 Å². The van der Waals surface area contributed by atoms with Gasteiger partial charge in [-0.25, -0.2) is 9.79 Å². The van der Waals surface area contributed by atoms with Gasteiger partial charge in [0.2, 0.25) is 0 Å². The fourth-order valence-electron chi connectivity index (χ4n) is 4.34. The van der Waals surface area contributed by atoms with Gasteiger partial charge in [-0.2, -0.15) is 0 Å². The van der Waals surface area contributed by atoms with Crippen molar-refractivity contribution in [2.24, 2.45) is 4.99 Å². The Bertz CT molecular complexity index is 1390. The molecule has 37 heavy (non-hydrogen) atoms. The Hall–Kier alpha value is -4.24. The maximum Gasteiger partial charge on any atom is 0.323 e.